The second-order valence-corrected chi connectivity index (χ2v) is 22.0. The van der Waals surface area contributed by atoms with Crippen molar-refractivity contribution in [3.63, 3.8) is 0 Å². The average molecular weight is 782 g/mol. The van der Waals surface area contributed by atoms with Crippen molar-refractivity contribution in [1.29, 1.82) is 0 Å². The van der Waals surface area contributed by atoms with E-state index >= 15 is 0 Å². The van der Waals surface area contributed by atoms with Gasteiger partial charge in [0.15, 0.2) is 5.78 Å². The number of ketones is 1. The highest BCUT2D eigenvalue weighted by Crippen LogP contribution is 2.76. The molecule has 0 aromatic carbocycles. The maximum absolute atomic E-state index is 14.2. The first kappa shape index (κ1) is 42.5. The summed E-state index contributed by atoms with van der Waals surface area (Å²) < 4.78 is 11.6. The maximum atomic E-state index is 14.2. The van der Waals surface area contributed by atoms with Gasteiger partial charge >= 0.3 is 24.1 Å². The van der Waals surface area contributed by atoms with Crippen LogP contribution in [0, 0.1) is 50.7 Å². The molecule has 314 valence electrons. The predicted molar refractivity (Wildman–Crippen MR) is 214 cm³/mol. The number of likely N-dealkylation sites (tertiary alicyclic amines) is 1. The van der Waals surface area contributed by atoms with Crippen molar-refractivity contribution in [1.82, 2.24) is 15.5 Å². The molecule has 6 rings (SSSR count). The summed E-state index contributed by atoms with van der Waals surface area (Å²) in [6.07, 6.45) is 7.43. The van der Waals surface area contributed by atoms with Crippen molar-refractivity contribution in [3.05, 3.63) is 11.1 Å². The summed E-state index contributed by atoms with van der Waals surface area (Å²) in [5.41, 5.74) is -0.721. The highest BCUT2D eigenvalue weighted by molar-refractivity contribution is 6.02. The molecular formula is C45H71N3O8. The Morgan fingerprint density at radius 3 is 2.18 bits per heavy atom. The number of allylic oxidation sites excluding steroid dienone is 1. The van der Waals surface area contributed by atoms with E-state index in [0.717, 1.165) is 56.9 Å². The molecule has 5 fully saturated rings. The number of carbonyl (C=O) groups is 5. The van der Waals surface area contributed by atoms with E-state index < -0.39 is 34.6 Å². The molecule has 56 heavy (non-hydrogen) atoms. The Balaban J connectivity index is 1.23. The van der Waals surface area contributed by atoms with E-state index in [-0.39, 0.29) is 63.9 Å². The third-order valence-corrected chi connectivity index (χ3v) is 16.4. The van der Waals surface area contributed by atoms with Crippen molar-refractivity contribution in [2.75, 3.05) is 13.1 Å². The van der Waals surface area contributed by atoms with Crippen LogP contribution in [-0.2, 0) is 23.9 Å². The molecule has 3 N–H and O–H groups in total. The zero-order chi connectivity index (χ0) is 41.6. The van der Waals surface area contributed by atoms with Gasteiger partial charge in [0.25, 0.3) is 0 Å². The lowest BCUT2D eigenvalue weighted by Crippen LogP contribution is -2.67. The van der Waals surface area contributed by atoms with Crippen molar-refractivity contribution >= 4 is 29.8 Å². The van der Waals surface area contributed by atoms with E-state index in [9.17, 15) is 29.1 Å². The number of hydrogen-bond acceptors (Lipinski definition) is 7. The molecule has 0 aromatic heterocycles. The van der Waals surface area contributed by atoms with Gasteiger partial charge in [-0.15, -0.1) is 0 Å². The summed E-state index contributed by atoms with van der Waals surface area (Å²) >= 11 is 0. The van der Waals surface area contributed by atoms with Crippen LogP contribution >= 0.6 is 0 Å². The van der Waals surface area contributed by atoms with Crippen LogP contribution in [0.5, 0.6) is 0 Å². The number of nitrogens with zero attached hydrogens (tertiary/aromatic N) is 1. The van der Waals surface area contributed by atoms with Gasteiger partial charge in [-0.3, -0.25) is 14.4 Å². The lowest BCUT2D eigenvalue weighted by Gasteiger charge is -2.72. The Kier molecular flexibility index (Phi) is 10.6. The maximum Gasteiger partial charge on any atom is 0.407 e. The van der Waals surface area contributed by atoms with Crippen LogP contribution in [0.15, 0.2) is 11.1 Å². The number of alkyl carbamates (subject to hydrolysis) is 1. The minimum atomic E-state index is -1.18. The van der Waals surface area contributed by atoms with Crippen molar-refractivity contribution in [2.45, 2.75) is 177 Å². The molecule has 0 radical (unpaired) electrons. The highest BCUT2D eigenvalue weighted by Gasteiger charge is 2.70. The van der Waals surface area contributed by atoms with E-state index in [1.165, 1.54) is 5.57 Å². The number of hydrogen-bond donors (Lipinski definition) is 3. The Morgan fingerprint density at radius 2 is 1.55 bits per heavy atom. The van der Waals surface area contributed by atoms with Crippen LogP contribution in [0.1, 0.15) is 154 Å². The number of fused-ring (bicyclic) bond motifs is 7. The number of ether oxygens (including phenoxy) is 2. The number of aliphatic carboxylic acids is 1. The van der Waals surface area contributed by atoms with Gasteiger partial charge in [0.1, 0.15) is 11.7 Å². The van der Waals surface area contributed by atoms with Gasteiger partial charge in [-0.25, -0.2) is 9.59 Å². The molecule has 3 amide bonds. The van der Waals surface area contributed by atoms with Gasteiger partial charge in [-0.2, -0.15) is 0 Å². The first-order chi connectivity index (χ1) is 25.7. The SMILES string of the molecule is CC(C)C1=C2C3CCC4[C@@]5(C)CC[C@H](OC(=O)CC(C)(C)C(=O)O)C(C)(C)C5CC[C@@]4(C)[C@]3(C)CC[C@@]2(NC(=O)N2CC[C@@H](NC(=O)OC(C)(C)C)C2)CC1=O. The predicted octanol–water partition coefficient (Wildman–Crippen LogP) is 8.44. The number of urea groups is 1. The molecule has 6 aliphatic rings. The van der Waals surface area contributed by atoms with Crippen LogP contribution in [0.3, 0.4) is 0 Å². The lowest BCUT2D eigenvalue weighted by molar-refractivity contribution is -0.232. The molecule has 1 aliphatic heterocycles. The monoisotopic (exact) mass is 782 g/mol. The zero-order valence-corrected chi connectivity index (χ0v) is 36.4. The Morgan fingerprint density at radius 1 is 0.875 bits per heavy atom. The minimum Gasteiger partial charge on any atom is -0.481 e. The van der Waals surface area contributed by atoms with Crippen LogP contribution in [0.2, 0.25) is 0 Å². The molecule has 11 nitrogen and oxygen atoms in total. The molecule has 0 bridgehead atoms. The normalized spacial score (nSPS) is 37.9. The fourth-order valence-corrected chi connectivity index (χ4v) is 13.4. The smallest absolute Gasteiger partial charge is 0.407 e. The Labute approximate surface area is 335 Å². The van der Waals surface area contributed by atoms with Gasteiger partial charge in [0.05, 0.1) is 23.4 Å². The topological polar surface area (TPSA) is 151 Å². The summed E-state index contributed by atoms with van der Waals surface area (Å²) in [6.45, 7) is 25.8. The van der Waals surface area contributed by atoms with Crippen molar-refractivity contribution < 1.29 is 38.6 Å². The quantitative estimate of drug-likeness (QED) is 0.218. The van der Waals surface area contributed by atoms with E-state index in [1.54, 1.807) is 18.7 Å². The minimum absolute atomic E-state index is 0.00132. The van der Waals surface area contributed by atoms with Crippen LogP contribution in [-0.4, -0.2) is 76.2 Å². The molecule has 9 atom stereocenters. The Hall–Kier alpha value is -3.11. The highest BCUT2D eigenvalue weighted by atomic mass is 16.6. The summed E-state index contributed by atoms with van der Waals surface area (Å²) in [5.74, 6) is -0.283. The second-order valence-electron chi connectivity index (χ2n) is 22.0. The number of nitrogens with one attached hydrogen (secondary N) is 2. The number of amides is 3. The number of carboxylic acid groups (broad SMARTS) is 1. The summed E-state index contributed by atoms with van der Waals surface area (Å²) in [7, 11) is 0. The first-order valence-electron chi connectivity index (χ1n) is 21.5. The Bertz CT molecular complexity index is 1680. The number of carboxylic acids is 1. The molecule has 0 spiro atoms. The molecule has 4 saturated carbocycles. The number of Topliss-reactive ketones (excluding diaryl/α,β-unsaturated/α-hetero) is 1. The number of carbonyl (C=O) groups excluding carboxylic acids is 4. The molecule has 0 aromatic rings. The van der Waals surface area contributed by atoms with E-state index in [1.807, 2.05) is 20.8 Å². The first-order valence-corrected chi connectivity index (χ1v) is 21.5. The third kappa shape index (κ3) is 6.96. The van der Waals surface area contributed by atoms with Gasteiger partial charge < -0.3 is 30.1 Å². The third-order valence-electron chi connectivity index (χ3n) is 16.4. The molecule has 11 heteroatoms. The lowest BCUT2D eigenvalue weighted by atomic mass is 9.33. The van der Waals surface area contributed by atoms with Crippen LogP contribution in [0.25, 0.3) is 0 Å². The van der Waals surface area contributed by atoms with Gasteiger partial charge in [-0.1, -0.05) is 48.5 Å². The molecule has 3 unspecified atom stereocenters. The fraction of sp³-hybridized carbons (Fsp3) is 0.844. The molecule has 1 heterocycles. The largest absolute Gasteiger partial charge is 0.481 e. The van der Waals surface area contributed by atoms with Gasteiger partial charge in [0, 0.05) is 24.9 Å². The van der Waals surface area contributed by atoms with E-state index in [2.05, 4.69) is 59.1 Å². The van der Waals surface area contributed by atoms with Crippen molar-refractivity contribution in [3.8, 4) is 0 Å². The van der Waals surface area contributed by atoms with Gasteiger partial charge in [-0.05, 0) is 143 Å². The molecular weight excluding hydrogens is 711 g/mol. The summed E-state index contributed by atoms with van der Waals surface area (Å²) in [6, 6.07) is -0.367. The van der Waals surface area contributed by atoms with Gasteiger partial charge in [0.2, 0.25) is 0 Å². The summed E-state index contributed by atoms with van der Waals surface area (Å²) in [4.78, 5) is 67.4. The van der Waals surface area contributed by atoms with Crippen LogP contribution in [0.4, 0.5) is 9.59 Å². The fourth-order valence-electron chi connectivity index (χ4n) is 13.4. The number of esters is 1. The van der Waals surface area contributed by atoms with E-state index in [0.29, 0.717) is 37.8 Å². The van der Waals surface area contributed by atoms with Crippen molar-refractivity contribution in [2.24, 2.45) is 50.7 Å². The average Bonchev–Trinajstić information content (AvgIpc) is 3.63. The zero-order valence-electron chi connectivity index (χ0n) is 36.4. The number of rotatable bonds is 7. The molecule has 1 saturated heterocycles. The standard InChI is InChI=1S/C45H71N3O8/c1-26(2)34-29(49)23-45(47-37(53)48-22-17-27(25-48)46-38(54)56-39(3,4)5)21-20-43(11)28(35(34)45)13-14-31-42(10)18-16-32(55-33(50)24-40(6,7)36(51)52)41(8,9)30(42)15-19-44(31,43)12/h26-28,30-32H,13-25H2,1-12H3,(H,46,54)(H,47,53)(H,51,52)/t27-,28?,30?,31?,32+,42+,43-,44-,45-/m1/s1. The summed E-state index contributed by atoms with van der Waals surface area (Å²) in [5, 5.41) is 16.0. The molecule has 5 aliphatic carbocycles. The van der Waals surface area contributed by atoms with E-state index in [4.69, 9.17) is 9.47 Å². The second kappa shape index (κ2) is 14.0. The van der Waals surface area contributed by atoms with Crippen LogP contribution < -0.4 is 10.6 Å².